The van der Waals surface area contributed by atoms with Crippen LogP contribution in [-0.2, 0) is 25.6 Å². The number of imide groups is 2. The lowest BCUT2D eigenvalue weighted by Gasteiger charge is -2.50. The third kappa shape index (κ3) is 4.41. The van der Waals surface area contributed by atoms with E-state index in [1.54, 1.807) is 30.3 Å². The van der Waals surface area contributed by atoms with Crippen LogP contribution in [0.5, 0.6) is 17.2 Å². The van der Waals surface area contributed by atoms with Gasteiger partial charge in [0, 0.05) is 18.0 Å². The standard InChI is InChI=1S/C35H29Cl2FN2O7/c1-47-26-4-2-3-24(29(26)42)28-22-13-14-23-27(31(44)39(30(23)43)16-15-18-5-11-21(41)12-6-18)25(22)17-34(36)32(45)40(33(46)35(28,34)37)20-9-7-19(38)8-10-20/h2-13,23,25,27-28,41-42H,14-17H2,1H3. The second kappa shape index (κ2) is 11.1. The van der Waals surface area contributed by atoms with Gasteiger partial charge in [0.25, 0.3) is 11.8 Å². The van der Waals surface area contributed by atoms with Crippen molar-refractivity contribution in [3.63, 3.8) is 0 Å². The molecular formula is C35H29Cl2FN2O7. The summed E-state index contributed by atoms with van der Waals surface area (Å²) in [5.74, 6) is -6.76. The van der Waals surface area contributed by atoms with Crippen LogP contribution in [-0.4, -0.2) is 62.1 Å². The Labute approximate surface area is 279 Å². The fourth-order valence-electron chi connectivity index (χ4n) is 7.87. The molecular weight excluding hydrogens is 650 g/mol. The Morgan fingerprint density at radius 1 is 0.915 bits per heavy atom. The average Bonchev–Trinajstić information content (AvgIpc) is 3.39. The number of carbonyl (C=O) groups is 4. The van der Waals surface area contributed by atoms with Crippen molar-refractivity contribution < 1.29 is 38.5 Å². The number of likely N-dealkylation sites (tertiary alicyclic amines) is 1. The van der Waals surface area contributed by atoms with Gasteiger partial charge in [-0.1, -0.05) is 35.9 Å². The summed E-state index contributed by atoms with van der Waals surface area (Å²) in [4.78, 5) is 54.3. The van der Waals surface area contributed by atoms with Crippen molar-refractivity contribution >= 4 is 52.5 Å². The van der Waals surface area contributed by atoms with Gasteiger partial charge in [0.15, 0.2) is 21.2 Å². The first-order valence-electron chi connectivity index (χ1n) is 15.1. The number of anilines is 1. The van der Waals surface area contributed by atoms with Crippen LogP contribution in [0.4, 0.5) is 10.1 Å². The van der Waals surface area contributed by atoms with Gasteiger partial charge in [-0.15, -0.1) is 23.2 Å². The molecule has 2 N–H and O–H groups in total. The summed E-state index contributed by atoms with van der Waals surface area (Å²) in [6.07, 6.45) is 2.08. The van der Waals surface area contributed by atoms with Crippen molar-refractivity contribution in [2.24, 2.45) is 17.8 Å². The summed E-state index contributed by atoms with van der Waals surface area (Å²) in [6, 6.07) is 15.9. The van der Waals surface area contributed by atoms with Crippen molar-refractivity contribution in [1.29, 1.82) is 0 Å². The molecule has 3 aromatic carbocycles. The van der Waals surface area contributed by atoms with E-state index in [-0.39, 0.29) is 53.8 Å². The Balaban J connectivity index is 1.33. The molecule has 2 aliphatic heterocycles. The van der Waals surface area contributed by atoms with E-state index in [1.165, 1.54) is 42.3 Å². The number of aromatic hydroxyl groups is 2. The number of para-hydroxylation sites is 1. The molecule has 3 fully saturated rings. The summed E-state index contributed by atoms with van der Waals surface area (Å²) in [7, 11) is 1.37. The van der Waals surface area contributed by atoms with E-state index in [4.69, 9.17) is 27.9 Å². The largest absolute Gasteiger partial charge is 0.508 e. The molecule has 0 spiro atoms. The molecule has 3 aromatic rings. The highest BCUT2D eigenvalue weighted by atomic mass is 35.5. The predicted octanol–water partition coefficient (Wildman–Crippen LogP) is 5.05. The van der Waals surface area contributed by atoms with Gasteiger partial charge in [-0.05, 0) is 73.2 Å². The van der Waals surface area contributed by atoms with Gasteiger partial charge in [-0.25, -0.2) is 9.29 Å². The number of benzene rings is 3. The number of amides is 4. The number of methoxy groups -OCH3 is 1. The Hall–Kier alpha value is -4.41. The van der Waals surface area contributed by atoms with Crippen molar-refractivity contribution in [2.45, 2.75) is 34.9 Å². The number of fused-ring (bicyclic) bond motifs is 4. The van der Waals surface area contributed by atoms with Gasteiger partial charge in [0.05, 0.1) is 24.6 Å². The quantitative estimate of drug-likeness (QED) is 0.212. The third-order valence-electron chi connectivity index (χ3n) is 10.1. The van der Waals surface area contributed by atoms with Gasteiger partial charge >= 0.3 is 0 Å². The maximum atomic E-state index is 14.4. The van der Waals surface area contributed by atoms with Gasteiger partial charge in [-0.3, -0.25) is 24.1 Å². The summed E-state index contributed by atoms with van der Waals surface area (Å²) in [6.45, 7) is 0.110. The van der Waals surface area contributed by atoms with Crippen LogP contribution in [0.15, 0.2) is 78.4 Å². The highest BCUT2D eigenvalue weighted by molar-refractivity contribution is 6.58. The fourth-order valence-corrected chi connectivity index (χ4v) is 8.80. The van der Waals surface area contributed by atoms with Crippen LogP contribution in [0.25, 0.3) is 0 Å². The normalized spacial score (nSPS) is 29.8. The average molecular weight is 680 g/mol. The number of allylic oxidation sites excluding steroid dienone is 2. The lowest BCUT2D eigenvalue weighted by molar-refractivity contribution is -0.140. The minimum absolute atomic E-state index is 0.0619. The van der Waals surface area contributed by atoms with Crippen molar-refractivity contribution in [3.05, 3.63) is 95.3 Å². The molecule has 47 heavy (non-hydrogen) atoms. The Morgan fingerprint density at radius 3 is 2.30 bits per heavy atom. The van der Waals surface area contributed by atoms with Crippen LogP contribution in [0.1, 0.15) is 29.9 Å². The van der Waals surface area contributed by atoms with Crippen LogP contribution in [0.2, 0.25) is 0 Å². The number of phenolic OH excluding ortho intramolecular Hbond substituents is 2. The molecule has 4 amide bonds. The monoisotopic (exact) mass is 678 g/mol. The van der Waals surface area contributed by atoms with E-state index in [2.05, 4.69) is 0 Å². The van der Waals surface area contributed by atoms with E-state index in [1.807, 2.05) is 0 Å². The molecule has 0 aromatic heterocycles. The number of nitrogens with zero attached hydrogens (tertiary/aromatic N) is 2. The van der Waals surface area contributed by atoms with Crippen molar-refractivity contribution in [1.82, 2.24) is 4.90 Å². The molecule has 2 aliphatic carbocycles. The minimum Gasteiger partial charge on any atom is -0.508 e. The van der Waals surface area contributed by atoms with Crippen LogP contribution in [0, 0.1) is 23.6 Å². The number of halogens is 3. The lowest BCUT2D eigenvalue weighted by Crippen LogP contribution is -2.60. The number of carbonyl (C=O) groups excluding carboxylic acids is 4. The van der Waals surface area contributed by atoms with E-state index in [9.17, 15) is 33.8 Å². The molecule has 7 rings (SSSR count). The summed E-state index contributed by atoms with van der Waals surface area (Å²) in [5, 5.41) is 21.0. The molecule has 12 heteroatoms. The Bertz CT molecular complexity index is 1870. The van der Waals surface area contributed by atoms with Crippen LogP contribution < -0.4 is 9.64 Å². The fraction of sp³-hybridized carbons (Fsp3) is 0.314. The topological polar surface area (TPSA) is 124 Å². The number of hydrogen-bond acceptors (Lipinski definition) is 7. The maximum absolute atomic E-state index is 14.4. The SMILES string of the molecule is COc1cccc(C2C3=CCC4C(=O)N(CCc5ccc(O)cc5)C(=O)C4C3CC3(Cl)C(=O)N(c4ccc(F)cc4)C(=O)C23Cl)c1O. The van der Waals surface area contributed by atoms with E-state index in [0.717, 1.165) is 22.6 Å². The van der Waals surface area contributed by atoms with Crippen molar-refractivity contribution in [3.8, 4) is 17.2 Å². The summed E-state index contributed by atoms with van der Waals surface area (Å²) in [5.41, 5.74) is 1.57. The van der Waals surface area contributed by atoms with Gasteiger partial charge in [0.1, 0.15) is 11.6 Å². The summed E-state index contributed by atoms with van der Waals surface area (Å²) < 4.78 is 19.2. The van der Waals surface area contributed by atoms with Crippen molar-refractivity contribution in [2.75, 3.05) is 18.6 Å². The zero-order valence-corrected chi connectivity index (χ0v) is 26.5. The minimum atomic E-state index is -2.18. The van der Waals surface area contributed by atoms with E-state index in [0.29, 0.717) is 12.0 Å². The summed E-state index contributed by atoms with van der Waals surface area (Å²) >= 11 is 14.7. The number of ether oxygens (including phenoxy) is 1. The van der Waals surface area contributed by atoms with Gasteiger partial charge in [-0.2, -0.15) is 0 Å². The molecule has 6 atom stereocenters. The predicted molar refractivity (Wildman–Crippen MR) is 170 cm³/mol. The second-order valence-electron chi connectivity index (χ2n) is 12.4. The third-order valence-corrected chi connectivity index (χ3v) is 11.5. The zero-order chi connectivity index (χ0) is 33.4. The maximum Gasteiger partial charge on any atom is 0.258 e. The molecule has 4 aliphatic rings. The molecule has 1 saturated carbocycles. The smallest absolute Gasteiger partial charge is 0.258 e. The van der Waals surface area contributed by atoms with Crippen LogP contribution >= 0.6 is 23.2 Å². The first kappa shape index (κ1) is 31.2. The van der Waals surface area contributed by atoms with Crippen LogP contribution in [0.3, 0.4) is 0 Å². The molecule has 2 saturated heterocycles. The molecule has 242 valence electrons. The first-order chi connectivity index (χ1) is 22.4. The van der Waals surface area contributed by atoms with Gasteiger partial charge < -0.3 is 14.9 Å². The number of phenols is 2. The molecule has 0 radical (unpaired) electrons. The van der Waals surface area contributed by atoms with E-state index < -0.39 is 57.0 Å². The highest BCUT2D eigenvalue weighted by Crippen LogP contribution is 2.66. The number of hydrogen-bond donors (Lipinski definition) is 2. The highest BCUT2D eigenvalue weighted by Gasteiger charge is 2.77. The zero-order valence-electron chi connectivity index (χ0n) is 25.0. The number of alkyl halides is 2. The van der Waals surface area contributed by atoms with Gasteiger partial charge in [0.2, 0.25) is 11.8 Å². The van der Waals surface area contributed by atoms with E-state index >= 15 is 0 Å². The second-order valence-corrected chi connectivity index (χ2v) is 13.6. The molecule has 0 bridgehead atoms. The molecule has 9 nitrogen and oxygen atoms in total. The Kier molecular flexibility index (Phi) is 7.37. The first-order valence-corrected chi connectivity index (χ1v) is 15.9. The lowest BCUT2D eigenvalue weighted by atomic mass is 9.56. The Morgan fingerprint density at radius 2 is 1.62 bits per heavy atom. The number of rotatable bonds is 6. The molecule has 2 heterocycles. The molecule has 6 unspecified atom stereocenters.